The zero-order chi connectivity index (χ0) is 17.5. The first-order chi connectivity index (χ1) is 11.5. The predicted molar refractivity (Wildman–Crippen MR) is 94.3 cm³/mol. The number of hydrogen-bond acceptors (Lipinski definition) is 4. The molecule has 2 aromatic rings. The number of carbonyl (C=O) groups excluding carboxylic acids is 1. The number of nitrogens with one attached hydrogen (secondary N) is 1. The van der Waals surface area contributed by atoms with E-state index in [4.69, 9.17) is 14.2 Å². The minimum absolute atomic E-state index is 0.233. The second kappa shape index (κ2) is 8.06. The Hall–Kier alpha value is -2.95. The summed E-state index contributed by atoms with van der Waals surface area (Å²) in [5, 5.41) is 2.83. The summed E-state index contributed by atoms with van der Waals surface area (Å²) >= 11 is 0. The van der Waals surface area contributed by atoms with Crippen LogP contribution < -0.4 is 19.5 Å². The van der Waals surface area contributed by atoms with Gasteiger partial charge >= 0.3 is 0 Å². The molecule has 0 bridgehead atoms. The van der Waals surface area contributed by atoms with Crippen LogP contribution in [0.15, 0.2) is 54.6 Å². The quantitative estimate of drug-likeness (QED) is 0.783. The van der Waals surface area contributed by atoms with Crippen molar-refractivity contribution in [2.24, 2.45) is 0 Å². The van der Waals surface area contributed by atoms with Crippen molar-refractivity contribution < 1.29 is 19.0 Å². The van der Waals surface area contributed by atoms with Gasteiger partial charge in [-0.3, -0.25) is 4.79 Å². The molecule has 24 heavy (non-hydrogen) atoms. The molecule has 1 N–H and O–H groups in total. The highest BCUT2D eigenvalue weighted by Gasteiger charge is 2.10. The number of benzene rings is 2. The van der Waals surface area contributed by atoms with E-state index in [9.17, 15) is 4.79 Å². The van der Waals surface area contributed by atoms with Crippen molar-refractivity contribution in [1.82, 2.24) is 0 Å². The van der Waals surface area contributed by atoms with Crippen LogP contribution in [0.25, 0.3) is 0 Å². The molecular formula is C19H21NO4. The SMILES string of the molecule is C=C(C)COc1cccc(C(=O)Nc2ccc(OC)c(OC)c2)c1. The predicted octanol–water partition coefficient (Wildman–Crippen LogP) is 3.91. The number of rotatable bonds is 7. The highest BCUT2D eigenvalue weighted by Crippen LogP contribution is 2.30. The molecule has 5 nitrogen and oxygen atoms in total. The summed E-state index contributed by atoms with van der Waals surface area (Å²) in [6, 6.07) is 12.2. The first-order valence-corrected chi connectivity index (χ1v) is 7.44. The number of hydrogen-bond donors (Lipinski definition) is 1. The summed E-state index contributed by atoms with van der Waals surface area (Å²) < 4.78 is 16.0. The number of ether oxygens (including phenoxy) is 3. The van der Waals surface area contributed by atoms with E-state index >= 15 is 0 Å². The maximum absolute atomic E-state index is 12.4. The molecule has 0 unspecified atom stereocenters. The van der Waals surface area contributed by atoms with Gasteiger partial charge in [0.15, 0.2) is 11.5 Å². The van der Waals surface area contributed by atoms with Gasteiger partial charge in [-0.15, -0.1) is 0 Å². The maximum Gasteiger partial charge on any atom is 0.255 e. The van der Waals surface area contributed by atoms with Crippen molar-refractivity contribution in [1.29, 1.82) is 0 Å². The number of carbonyl (C=O) groups is 1. The summed E-state index contributed by atoms with van der Waals surface area (Å²) in [5.41, 5.74) is 2.03. The first kappa shape index (κ1) is 17.4. The molecule has 5 heteroatoms. The molecule has 0 saturated carbocycles. The molecule has 0 aliphatic heterocycles. The Morgan fingerprint density at radius 3 is 2.50 bits per heavy atom. The van der Waals surface area contributed by atoms with Gasteiger partial charge in [-0.25, -0.2) is 0 Å². The van der Waals surface area contributed by atoms with Crippen LogP contribution in [0.4, 0.5) is 5.69 Å². The van der Waals surface area contributed by atoms with Gasteiger partial charge in [-0.05, 0) is 42.8 Å². The largest absolute Gasteiger partial charge is 0.493 e. The van der Waals surface area contributed by atoms with Crippen LogP contribution in [0, 0.1) is 0 Å². The summed E-state index contributed by atoms with van der Waals surface area (Å²) in [6.45, 7) is 6.09. The molecule has 2 aromatic carbocycles. The third kappa shape index (κ3) is 4.52. The summed E-state index contributed by atoms with van der Waals surface area (Å²) in [4.78, 5) is 12.4. The van der Waals surface area contributed by atoms with Crippen LogP contribution in [0.5, 0.6) is 17.2 Å². The van der Waals surface area contributed by atoms with Gasteiger partial charge < -0.3 is 19.5 Å². The number of methoxy groups -OCH3 is 2. The highest BCUT2D eigenvalue weighted by atomic mass is 16.5. The average Bonchev–Trinajstić information content (AvgIpc) is 2.60. The van der Waals surface area contributed by atoms with Crippen LogP contribution in [0.3, 0.4) is 0 Å². The Labute approximate surface area is 141 Å². The van der Waals surface area contributed by atoms with Gasteiger partial charge in [0, 0.05) is 17.3 Å². The van der Waals surface area contributed by atoms with Crippen LogP contribution in [0.1, 0.15) is 17.3 Å². The molecule has 0 aromatic heterocycles. The van der Waals surface area contributed by atoms with Crippen LogP contribution in [-0.4, -0.2) is 26.7 Å². The van der Waals surface area contributed by atoms with Crippen LogP contribution in [-0.2, 0) is 0 Å². The Morgan fingerprint density at radius 1 is 1.08 bits per heavy atom. The Bertz CT molecular complexity index is 740. The fraction of sp³-hybridized carbons (Fsp3) is 0.211. The van der Waals surface area contributed by atoms with Crippen LogP contribution >= 0.6 is 0 Å². The van der Waals surface area contributed by atoms with Crippen molar-refractivity contribution in [2.45, 2.75) is 6.92 Å². The molecule has 0 radical (unpaired) electrons. The van der Waals surface area contributed by atoms with Crippen molar-refractivity contribution in [3.63, 3.8) is 0 Å². The maximum atomic E-state index is 12.4. The Kier molecular flexibility index (Phi) is 5.84. The van der Waals surface area contributed by atoms with Crippen LogP contribution in [0.2, 0.25) is 0 Å². The lowest BCUT2D eigenvalue weighted by atomic mass is 10.2. The lowest BCUT2D eigenvalue weighted by Gasteiger charge is -2.11. The van der Waals surface area contributed by atoms with Crippen molar-refractivity contribution in [3.8, 4) is 17.2 Å². The topological polar surface area (TPSA) is 56.8 Å². The van der Waals surface area contributed by atoms with Crippen molar-refractivity contribution in [2.75, 3.05) is 26.1 Å². The van der Waals surface area contributed by atoms with E-state index in [0.29, 0.717) is 35.1 Å². The molecule has 0 atom stereocenters. The van der Waals surface area contributed by atoms with Gasteiger partial charge in [0.2, 0.25) is 0 Å². The van der Waals surface area contributed by atoms with E-state index in [-0.39, 0.29) is 5.91 Å². The first-order valence-electron chi connectivity index (χ1n) is 7.44. The monoisotopic (exact) mass is 327 g/mol. The smallest absolute Gasteiger partial charge is 0.255 e. The lowest BCUT2D eigenvalue weighted by molar-refractivity contribution is 0.102. The zero-order valence-electron chi connectivity index (χ0n) is 14.1. The molecule has 0 fully saturated rings. The fourth-order valence-corrected chi connectivity index (χ4v) is 2.05. The Balaban J connectivity index is 2.12. The molecule has 2 rings (SSSR count). The minimum Gasteiger partial charge on any atom is -0.493 e. The summed E-state index contributed by atoms with van der Waals surface area (Å²) in [5.74, 6) is 1.54. The van der Waals surface area contributed by atoms with Crippen molar-refractivity contribution >= 4 is 11.6 Å². The van der Waals surface area contributed by atoms with E-state index < -0.39 is 0 Å². The normalized spacial score (nSPS) is 9.96. The molecule has 0 heterocycles. The standard InChI is InChI=1S/C19H21NO4/c1-13(2)12-24-16-7-5-6-14(10-16)19(21)20-15-8-9-17(22-3)18(11-15)23-4/h5-11H,1,12H2,2-4H3,(H,20,21). The molecule has 1 amide bonds. The van der Waals surface area contributed by atoms with Gasteiger partial charge in [0.25, 0.3) is 5.91 Å². The zero-order valence-corrected chi connectivity index (χ0v) is 14.1. The summed E-state index contributed by atoms with van der Waals surface area (Å²) in [6.07, 6.45) is 0. The second-order valence-electron chi connectivity index (χ2n) is 5.30. The third-order valence-electron chi connectivity index (χ3n) is 3.22. The van der Waals surface area contributed by atoms with Gasteiger partial charge in [0.1, 0.15) is 12.4 Å². The summed E-state index contributed by atoms with van der Waals surface area (Å²) in [7, 11) is 3.11. The Morgan fingerprint density at radius 2 is 1.83 bits per heavy atom. The highest BCUT2D eigenvalue weighted by molar-refractivity contribution is 6.04. The van der Waals surface area contributed by atoms with Crippen molar-refractivity contribution in [3.05, 3.63) is 60.2 Å². The molecular weight excluding hydrogens is 306 g/mol. The molecule has 0 aliphatic rings. The van der Waals surface area contributed by atoms with Gasteiger partial charge in [-0.2, -0.15) is 0 Å². The molecule has 126 valence electrons. The lowest BCUT2D eigenvalue weighted by Crippen LogP contribution is -2.12. The molecule has 0 spiro atoms. The fourth-order valence-electron chi connectivity index (χ4n) is 2.05. The molecule has 0 saturated heterocycles. The second-order valence-corrected chi connectivity index (χ2v) is 5.30. The number of amides is 1. The van der Waals surface area contributed by atoms with E-state index in [1.165, 1.54) is 0 Å². The van der Waals surface area contributed by atoms with E-state index in [0.717, 1.165) is 5.57 Å². The van der Waals surface area contributed by atoms with E-state index in [2.05, 4.69) is 11.9 Å². The average molecular weight is 327 g/mol. The van der Waals surface area contributed by atoms with E-state index in [1.807, 2.05) is 6.92 Å². The van der Waals surface area contributed by atoms with E-state index in [1.54, 1.807) is 56.7 Å². The minimum atomic E-state index is -0.233. The third-order valence-corrected chi connectivity index (χ3v) is 3.22. The molecule has 0 aliphatic carbocycles. The number of anilines is 1. The van der Waals surface area contributed by atoms with Gasteiger partial charge in [0.05, 0.1) is 14.2 Å². The van der Waals surface area contributed by atoms with Gasteiger partial charge in [-0.1, -0.05) is 12.6 Å².